The Hall–Kier alpha value is -2.87. The van der Waals surface area contributed by atoms with Gasteiger partial charge in [0.05, 0.1) is 18.5 Å². The number of carbonyl (C=O) groups excluding carboxylic acids is 1. The van der Waals surface area contributed by atoms with Gasteiger partial charge in [0.1, 0.15) is 12.0 Å². The number of likely N-dealkylation sites (N-methyl/N-ethyl adjacent to an activating group) is 1. The molecule has 29 heavy (non-hydrogen) atoms. The van der Waals surface area contributed by atoms with Crippen molar-refractivity contribution in [3.8, 4) is 0 Å². The molecule has 0 saturated carbocycles. The molecular weight excluding hydrogens is 370 g/mol. The van der Waals surface area contributed by atoms with Crippen molar-refractivity contribution < 1.29 is 13.7 Å². The Morgan fingerprint density at radius 3 is 2.83 bits per heavy atom. The molecule has 8 heteroatoms. The van der Waals surface area contributed by atoms with Gasteiger partial charge in [-0.1, -0.05) is 5.16 Å². The second kappa shape index (κ2) is 8.24. The van der Waals surface area contributed by atoms with E-state index in [0.29, 0.717) is 18.3 Å². The van der Waals surface area contributed by atoms with E-state index < -0.39 is 0 Å². The smallest absolute Gasteiger partial charge is 0.274 e. The fourth-order valence-corrected chi connectivity index (χ4v) is 4.07. The lowest BCUT2D eigenvalue weighted by atomic mass is 9.90. The molecule has 1 atom stereocenters. The van der Waals surface area contributed by atoms with Crippen LogP contribution in [0, 0.1) is 0 Å². The molecule has 0 aliphatic heterocycles. The Balaban J connectivity index is 1.54. The quantitative estimate of drug-likeness (QED) is 0.610. The predicted octanol–water partition coefficient (Wildman–Crippen LogP) is 2.75. The third kappa shape index (κ3) is 3.98. The van der Waals surface area contributed by atoms with Gasteiger partial charge >= 0.3 is 0 Å². The molecule has 1 amide bonds. The van der Waals surface area contributed by atoms with E-state index in [9.17, 15) is 4.79 Å². The lowest BCUT2D eigenvalue weighted by Gasteiger charge is -2.31. The summed E-state index contributed by atoms with van der Waals surface area (Å²) >= 11 is 0. The van der Waals surface area contributed by atoms with Crippen LogP contribution in [0.25, 0.3) is 0 Å². The average Bonchev–Trinajstić information content (AvgIpc) is 3.48. The van der Waals surface area contributed by atoms with E-state index >= 15 is 0 Å². The first kappa shape index (κ1) is 19.4. The summed E-state index contributed by atoms with van der Waals surface area (Å²) in [5.74, 6) is 0.694. The largest absolute Gasteiger partial charge is 0.467 e. The minimum absolute atomic E-state index is 0.0651. The Morgan fingerprint density at radius 2 is 2.14 bits per heavy atom. The first-order valence-corrected chi connectivity index (χ1v) is 10.0. The molecule has 1 aliphatic rings. The summed E-state index contributed by atoms with van der Waals surface area (Å²) in [6.45, 7) is 3.98. The highest BCUT2D eigenvalue weighted by Crippen LogP contribution is 2.28. The minimum Gasteiger partial charge on any atom is -0.467 e. The zero-order valence-electron chi connectivity index (χ0n) is 17.2. The highest BCUT2D eigenvalue weighted by molar-refractivity contribution is 5.94. The van der Waals surface area contributed by atoms with Crippen molar-refractivity contribution in [1.82, 2.24) is 24.7 Å². The monoisotopic (exact) mass is 397 g/mol. The van der Waals surface area contributed by atoms with E-state index in [2.05, 4.69) is 29.1 Å². The molecule has 0 spiro atoms. The lowest BCUT2D eigenvalue weighted by Crippen LogP contribution is -2.37. The number of aromatic nitrogens is 3. The van der Waals surface area contributed by atoms with E-state index in [0.717, 1.165) is 49.4 Å². The van der Waals surface area contributed by atoms with Crippen molar-refractivity contribution >= 4 is 5.91 Å². The number of nitrogens with zero attached hydrogens (tertiary/aromatic N) is 5. The number of rotatable bonds is 7. The van der Waals surface area contributed by atoms with Crippen LogP contribution in [0.2, 0.25) is 0 Å². The van der Waals surface area contributed by atoms with Gasteiger partial charge in [-0.2, -0.15) is 5.10 Å². The molecular formula is C21H27N5O3. The molecule has 154 valence electrons. The van der Waals surface area contributed by atoms with Gasteiger partial charge in [0, 0.05) is 43.5 Å². The molecule has 0 bridgehead atoms. The fraction of sp³-hybridized carbons (Fsp3) is 0.476. The number of hydrogen-bond acceptors (Lipinski definition) is 6. The molecule has 8 nitrogen and oxygen atoms in total. The summed E-state index contributed by atoms with van der Waals surface area (Å²) in [7, 11) is 3.89. The van der Waals surface area contributed by atoms with Crippen LogP contribution in [0.1, 0.15) is 46.5 Å². The van der Waals surface area contributed by atoms with Crippen molar-refractivity contribution in [2.45, 2.75) is 51.9 Å². The van der Waals surface area contributed by atoms with E-state index in [1.807, 2.05) is 22.9 Å². The molecule has 0 saturated heterocycles. The Morgan fingerprint density at radius 1 is 1.28 bits per heavy atom. The zero-order valence-corrected chi connectivity index (χ0v) is 17.2. The number of carbonyl (C=O) groups is 1. The molecule has 4 rings (SSSR count). The maximum Gasteiger partial charge on any atom is 0.274 e. The Bertz CT molecular complexity index is 946. The van der Waals surface area contributed by atoms with E-state index in [1.165, 1.54) is 5.69 Å². The van der Waals surface area contributed by atoms with Crippen LogP contribution in [-0.2, 0) is 32.5 Å². The van der Waals surface area contributed by atoms with Gasteiger partial charge in [-0.3, -0.25) is 14.4 Å². The molecule has 3 heterocycles. The zero-order chi connectivity index (χ0) is 20.4. The van der Waals surface area contributed by atoms with E-state index in [1.54, 1.807) is 24.5 Å². The molecule has 0 fully saturated rings. The van der Waals surface area contributed by atoms with Crippen LogP contribution in [0.5, 0.6) is 0 Å². The summed E-state index contributed by atoms with van der Waals surface area (Å²) in [6, 6.07) is 5.92. The van der Waals surface area contributed by atoms with Crippen molar-refractivity contribution in [2.24, 2.45) is 0 Å². The SMILES string of the molecule is CCn1nc(C(=O)N(C)Cc2ccco2)c2c1CC[C@H](N(C)Cc1ccon1)C2. The minimum atomic E-state index is -0.0651. The van der Waals surface area contributed by atoms with Gasteiger partial charge in [0.2, 0.25) is 0 Å². The highest BCUT2D eigenvalue weighted by atomic mass is 16.5. The third-order valence-electron chi connectivity index (χ3n) is 5.67. The van der Waals surface area contributed by atoms with Gasteiger partial charge < -0.3 is 13.8 Å². The first-order chi connectivity index (χ1) is 14.1. The number of hydrogen-bond donors (Lipinski definition) is 0. The van der Waals surface area contributed by atoms with Crippen LogP contribution in [0.15, 0.2) is 39.7 Å². The van der Waals surface area contributed by atoms with Crippen LogP contribution in [0.3, 0.4) is 0 Å². The average molecular weight is 397 g/mol. The summed E-state index contributed by atoms with van der Waals surface area (Å²) in [4.78, 5) is 17.1. The topological polar surface area (TPSA) is 80.5 Å². The van der Waals surface area contributed by atoms with Crippen LogP contribution >= 0.6 is 0 Å². The molecule has 0 unspecified atom stereocenters. The standard InChI is InChI=1S/C21H27N5O3/c1-4-26-19-8-7-16(24(2)13-15-9-11-29-23-15)12-18(19)20(22-26)21(27)25(3)14-17-6-5-10-28-17/h5-6,9-11,16H,4,7-8,12-14H2,1-3H3/t16-/m0/s1. The maximum absolute atomic E-state index is 13.2. The van der Waals surface area contributed by atoms with Crippen molar-refractivity contribution in [3.63, 3.8) is 0 Å². The van der Waals surface area contributed by atoms with Gasteiger partial charge in [-0.05, 0) is 45.4 Å². The summed E-state index contributed by atoms with van der Waals surface area (Å²) in [6.07, 6.45) is 5.97. The molecule has 0 radical (unpaired) electrons. The molecule has 0 N–H and O–H groups in total. The number of amides is 1. The third-order valence-corrected chi connectivity index (χ3v) is 5.67. The van der Waals surface area contributed by atoms with E-state index in [-0.39, 0.29) is 5.91 Å². The number of aryl methyl sites for hydroxylation is 1. The molecule has 3 aromatic heterocycles. The van der Waals surface area contributed by atoms with Gasteiger partial charge in [0.15, 0.2) is 5.69 Å². The predicted molar refractivity (Wildman–Crippen MR) is 106 cm³/mol. The Kier molecular flexibility index (Phi) is 5.53. The Labute approximate surface area is 170 Å². The number of furan rings is 1. The van der Waals surface area contributed by atoms with Crippen molar-refractivity contribution in [3.05, 3.63) is 59.1 Å². The number of fused-ring (bicyclic) bond motifs is 1. The second-order valence-electron chi connectivity index (χ2n) is 7.63. The maximum atomic E-state index is 13.2. The van der Waals surface area contributed by atoms with Gasteiger partial charge in [-0.25, -0.2) is 0 Å². The van der Waals surface area contributed by atoms with Crippen molar-refractivity contribution in [1.29, 1.82) is 0 Å². The van der Waals surface area contributed by atoms with Crippen molar-refractivity contribution in [2.75, 3.05) is 14.1 Å². The van der Waals surface area contributed by atoms with Gasteiger partial charge in [0.25, 0.3) is 5.91 Å². The van der Waals surface area contributed by atoms with Crippen LogP contribution in [0.4, 0.5) is 0 Å². The molecule has 0 aromatic carbocycles. The van der Waals surface area contributed by atoms with Crippen LogP contribution < -0.4 is 0 Å². The summed E-state index contributed by atoms with van der Waals surface area (Å²) in [5.41, 5.74) is 3.74. The lowest BCUT2D eigenvalue weighted by molar-refractivity contribution is 0.0767. The molecule has 3 aromatic rings. The fourth-order valence-electron chi connectivity index (χ4n) is 4.07. The second-order valence-corrected chi connectivity index (χ2v) is 7.63. The summed E-state index contributed by atoms with van der Waals surface area (Å²) < 4.78 is 12.3. The summed E-state index contributed by atoms with van der Waals surface area (Å²) in [5, 5.41) is 8.69. The van der Waals surface area contributed by atoms with E-state index in [4.69, 9.17) is 8.94 Å². The van der Waals surface area contributed by atoms with Crippen LogP contribution in [-0.4, -0.2) is 50.8 Å². The van der Waals surface area contributed by atoms with Gasteiger partial charge in [-0.15, -0.1) is 0 Å². The first-order valence-electron chi connectivity index (χ1n) is 10.0. The molecule has 1 aliphatic carbocycles. The highest BCUT2D eigenvalue weighted by Gasteiger charge is 2.31. The normalized spacial score (nSPS) is 16.2.